The van der Waals surface area contributed by atoms with E-state index < -0.39 is 58.8 Å². The lowest BCUT2D eigenvalue weighted by Gasteiger charge is -2.57. The van der Waals surface area contributed by atoms with E-state index in [1.807, 2.05) is 109 Å². The molecule has 18 heteroatoms. The van der Waals surface area contributed by atoms with Gasteiger partial charge in [-0.1, -0.05) is 95.7 Å². The van der Waals surface area contributed by atoms with Crippen LogP contribution in [-0.4, -0.2) is 113 Å². The summed E-state index contributed by atoms with van der Waals surface area (Å²) in [5, 5.41) is 8.64. The molecule has 3 aliphatic rings. The molecule has 0 aliphatic carbocycles. The number of urea groups is 1. The van der Waals surface area contributed by atoms with Crippen LogP contribution in [-0.2, 0) is 33.5 Å². The van der Waals surface area contributed by atoms with Crippen molar-refractivity contribution in [3.63, 3.8) is 0 Å². The van der Waals surface area contributed by atoms with Gasteiger partial charge in [-0.05, 0) is 29.2 Å². The number of carbonyl (C=O) groups is 7. The van der Waals surface area contributed by atoms with Gasteiger partial charge in [0, 0.05) is 48.2 Å². The van der Waals surface area contributed by atoms with Gasteiger partial charge >= 0.3 is 23.8 Å². The molecule has 4 heterocycles. The lowest BCUT2D eigenvalue weighted by atomic mass is 9.94. The highest BCUT2D eigenvalue weighted by molar-refractivity contribution is 8.01. The Morgan fingerprint density at radius 2 is 1.48 bits per heavy atom. The van der Waals surface area contributed by atoms with Crippen LogP contribution in [0.5, 0.6) is 0 Å². The Labute approximate surface area is 366 Å². The van der Waals surface area contributed by atoms with Gasteiger partial charge in [-0.25, -0.2) is 9.59 Å². The number of rotatable bonds is 15. The maximum absolute atomic E-state index is 14.7. The lowest BCUT2D eigenvalue weighted by Crippen LogP contribution is -2.85. The van der Waals surface area contributed by atoms with E-state index in [-0.39, 0.29) is 37.5 Å². The number of carbonyl (C=O) groups excluding carboxylic acids is 7. The van der Waals surface area contributed by atoms with Gasteiger partial charge in [0.2, 0.25) is 30.4 Å². The average molecular weight is 878 g/mol. The van der Waals surface area contributed by atoms with E-state index in [1.54, 1.807) is 37.3 Å². The highest BCUT2D eigenvalue weighted by atomic mass is 32.2. The Morgan fingerprint density at radius 3 is 2.05 bits per heavy atom. The summed E-state index contributed by atoms with van der Waals surface area (Å²) in [5.74, 6) is -3.87. The number of β-lactam (4-membered cyclic amide) rings is 1. The zero-order valence-electron chi connectivity index (χ0n) is 34.1. The van der Waals surface area contributed by atoms with Gasteiger partial charge in [0.15, 0.2) is 6.10 Å². The normalized spacial score (nSPS) is 19.0. The Bertz CT molecular complexity index is 2330. The van der Waals surface area contributed by atoms with E-state index in [2.05, 4.69) is 16.0 Å². The van der Waals surface area contributed by atoms with Crippen LogP contribution in [0.3, 0.4) is 0 Å². The maximum atomic E-state index is 14.7. The molecule has 320 valence electrons. The SMILES string of the molecule is CCN1CCN(C(=O)N[C@@H](C(=O)N[C@]2(NC=O)C(=O)N3C(C(=O)OC(c4ccccc4)c4ccccc4)=C(CSc4cc[n+](N(C)C)cc4)CS[C@@H]32)c2ccccc2)C(=O)C1=O. The molecular formula is C44H45N8O8S2+. The summed E-state index contributed by atoms with van der Waals surface area (Å²) < 4.78 is 8.22. The summed E-state index contributed by atoms with van der Waals surface area (Å²) in [6.07, 6.45) is 3.24. The molecule has 0 saturated carbocycles. The van der Waals surface area contributed by atoms with Crippen molar-refractivity contribution in [2.75, 3.05) is 50.2 Å². The minimum atomic E-state index is -2.07. The fraction of sp³-hybridized carbons (Fsp3) is 0.273. The predicted octanol–water partition coefficient (Wildman–Crippen LogP) is 2.47. The maximum Gasteiger partial charge on any atom is 0.356 e. The molecule has 16 nitrogen and oxygen atoms in total. The molecule has 1 aromatic heterocycles. The molecule has 3 aromatic carbocycles. The number of fused-ring (bicyclic) bond motifs is 1. The second-order valence-corrected chi connectivity index (χ2v) is 16.8. The molecule has 3 N–H and O–H groups in total. The molecule has 7 amide bonds. The number of hydrogen-bond acceptors (Lipinski definition) is 11. The molecule has 0 spiro atoms. The number of pyridine rings is 1. The first-order valence-corrected chi connectivity index (χ1v) is 21.8. The predicted molar refractivity (Wildman–Crippen MR) is 230 cm³/mol. The number of likely N-dealkylation sites (N-methyl/N-ethyl adjacent to an activating group) is 1. The van der Waals surface area contributed by atoms with Crippen molar-refractivity contribution < 1.29 is 43.0 Å². The minimum Gasteiger partial charge on any atom is -0.448 e. The Balaban J connectivity index is 1.20. The molecule has 3 aliphatic heterocycles. The smallest absolute Gasteiger partial charge is 0.356 e. The zero-order chi connectivity index (χ0) is 44.0. The van der Waals surface area contributed by atoms with E-state index in [1.165, 1.54) is 33.3 Å². The molecule has 3 atom stereocenters. The van der Waals surface area contributed by atoms with E-state index in [9.17, 15) is 33.6 Å². The van der Waals surface area contributed by atoms with Crippen molar-refractivity contribution in [2.45, 2.75) is 35.0 Å². The number of piperazine rings is 1. The fourth-order valence-electron chi connectivity index (χ4n) is 7.37. The molecule has 4 aromatic rings. The summed E-state index contributed by atoms with van der Waals surface area (Å²) in [6.45, 7) is 2.01. The number of esters is 1. The molecule has 0 bridgehead atoms. The lowest BCUT2D eigenvalue weighted by molar-refractivity contribution is -0.687. The van der Waals surface area contributed by atoms with Crippen LogP contribution < -0.4 is 25.6 Å². The van der Waals surface area contributed by atoms with Crippen molar-refractivity contribution in [3.8, 4) is 0 Å². The number of imide groups is 1. The van der Waals surface area contributed by atoms with E-state index in [4.69, 9.17) is 4.74 Å². The number of thioether (sulfide) groups is 2. The van der Waals surface area contributed by atoms with Crippen molar-refractivity contribution in [3.05, 3.63) is 143 Å². The van der Waals surface area contributed by atoms with Crippen LogP contribution >= 0.6 is 23.5 Å². The molecule has 7 rings (SSSR count). The number of aromatic nitrogens is 1. The summed E-state index contributed by atoms with van der Waals surface area (Å²) in [5.41, 5.74) is 0.218. The monoisotopic (exact) mass is 877 g/mol. The number of ether oxygens (including phenoxy) is 1. The van der Waals surface area contributed by atoms with Gasteiger partial charge in [0.1, 0.15) is 17.1 Å². The van der Waals surface area contributed by atoms with Gasteiger partial charge in [0.05, 0.1) is 14.1 Å². The van der Waals surface area contributed by atoms with Gasteiger partial charge in [-0.2, -0.15) is 5.01 Å². The first-order chi connectivity index (χ1) is 30.0. The quantitative estimate of drug-likeness (QED) is 0.0304. The van der Waals surface area contributed by atoms with Crippen LogP contribution in [0.2, 0.25) is 0 Å². The third kappa shape index (κ3) is 8.73. The number of amides is 7. The third-order valence-corrected chi connectivity index (χ3v) is 13.1. The molecule has 0 unspecified atom stereocenters. The summed E-state index contributed by atoms with van der Waals surface area (Å²) in [7, 11) is 3.82. The van der Waals surface area contributed by atoms with Gasteiger partial charge in [0.25, 0.3) is 5.91 Å². The van der Waals surface area contributed by atoms with Crippen LogP contribution in [0, 0.1) is 0 Å². The summed E-state index contributed by atoms with van der Waals surface area (Å²) in [6, 6.07) is 27.9. The highest BCUT2D eigenvalue weighted by Crippen LogP contribution is 2.47. The molecule has 2 fully saturated rings. The Morgan fingerprint density at radius 1 is 0.887 bits per heavy atom. The first kappa shape index (κ1) is 43.4. The van der Waals surface area contributed by atoms with Crippen LogP contribution in [0.1, 0.15) is 35.8 Å². The van der Waals surface area contributed by atoms with E-state index in [0.29, 0.717) is 28.0 Å². The first-order valence-electron chi connectivity index (χ1n) is 19.8. The van der Waals surface area contributed by atoms with Gasteiger partial charge in [-0.3, -0.25) is 33.8 Å². The minimum absolute atomic E-state index is 0.0118. The third-order valence-electron chi connectivity index (χ3n) is 10.6. The van der Waals surface area contributed by atoms with Gasteiger partial charge in [-0.15, -0.1) is 23.5 Å². The standard InChI is InChI=1S/C44H44N8O8S2/c1-4-49-24-25-51(39(56)38(49)55)43(59)46-34(29-14-8-5-9-15-29)37(54)47-44(45-28-53)41(58)52-35(32(27-62-42(44)52)26-61-33-20-22-50(23-21-33)48(2)3)40(57)60-36(30-16-10-6-11-17-30)31-18-12-7-13-19-31/h5-23,28,34,36,42H,4,24-27H2,1-3H3,(H2-,45,46,47,53,54,59)/p+1/t34-,42-,44-/m1/s1. The van der Waals surface area contributed by atoms with Crippen molar-refractivity contribution in [2.24, 2.45) is 0 Å². The fourth-order valence-corrected chi connectivity index (χ4v) is 9.81. The van der Waals surface area contributed by atoms with E-state index >= 15 is 0 Å². The van der Waals surface area contributed by atoms with Gasteiger partial charge < -0.3 is 25.6 Å². The second-order valence-electron chi connectivity index (χ2n) is 14.6. The molecule has 62 heavy (non-hydrogen) atoms. The average Bonchev–Trinajstić information content (AvgIpc) is 3.30. The number of hydrogen-bond donors (Lipinski definition) is 3. The number of nitrogens with one attached hydrogen (secondary N) is 3. The number of nitrogens with zero attached hydrogens (tertiary/aromatic N) is 5. The largest absolute Gasteiger partial charge is 0.448 e. The van der Waals surface area contributed by atoms with Crippen LogP contribution in [0.25, 0.3) is 0 Å². The molecular weight excluding hydrogens is 833 g/mol. The summed E-state index contributed by atoms with van der Waals surface area (Å²) >= 11 is 2.70. The zero-order valence-corrected chi connectivity index (χ0v) is 35.8. The van der Waals surface area contributed by atoms with E-state index in [0.717, 1.165) is 9.80 Å². The molecule has 2 saturated heterocycles. The highest BCUT2D eigenvalue weighted by Gasteiger charge is 2.66. The van der Waals surface area contributed by atoms with Crippen LogP contribution in [0.4, 0.5) is 4.79 Å². The topological polar surface area (TPSA) is 182 Å². The van der Waals surface area contributed by atoms with Crippen molar-refractivity contribution in [1.82, 2.24) is 30.7 Å². The number of benzene rings is 3. The van der Waals surface area contributed by atoms with Crippen LogP contribution in [0.15, 0.2) is 132 Å². The summed E-state index contributed by atoms with van der Waals surface area (Å²) in [4.78, 5) is 99.5. The van der Waals surface area contributed by atoms with Crippen molar-refractivity contribution in [1.29, 1.82) is 0 Å². The second kappa shape index (κ2) is 18.9. The molecule has 0 radical (unpaired) electrons. The Kier molecular flexibility index (Phi) is 13.3. The Hall–Kier alpha value is -6.66. The van der Waals surface area contributed by atoms with Crippen molar-refractivity contribution >= 4 is 65.6 Å².